The van der Waals surface area contributed by atoms with Crippen LogP contribution >= 0.6 is 0 Å². The Morgan fingerprint density at radius 3 is 2.96 bits per heavy atom. The van der Waals surface area contributed by atoms with Crippen LogP contribution in [0.4, 0.5) is 0 Å². The van der Waals surface area contributed by atoms with Crippen molar-refractivity contribution in [1.29, 1.82) is 5.26 Å². The smallest absolute Gasteiger partial charge is 0.270 e. The molecule has 0 bridgehead atoms. The zero-order chi connectivity index (χ0) is 18.3. The summed E-state index contributed by atoms with van der Waals surface area (Å²) in [6.45, 7) is 1.44. The Morgan fingerprint density at radius 1 is 1.42 bits per heavy atom. The Bertz CT molecular complexity index is 1010. The van der Waals surface area contributed by atoms with Gasteiger partial charge in [0.05, 0.1) is 30.0 Å². The van der Waals surface area contributed by atoms with Crippen LogP contribution in [0.2, 0.25) is 0 Å². The monoisotopic (exact) mass is 351 g/mol. The van der Waals surface area contributed by atoms with Crippen LogP contribution in [0.25, 0.3) is 0 Å². The average Bonchev–Trinajstić information content (AvgIpc) is 3.38. The highest BCUT2D eigenvalue weighted by molar-refractivity contribution is 5.92. The molecule has 1 amide bonds. The van der Waals surface area contributed by atoms with Crippen molar-refractivity contribution in [2.24, 2.45) is 7.05 Å². The molecule has 0 aromatic carbocycles. The molecule has 4 rings (SSSR count). The number of nitriles is 1. The molecule has 3 aromatic rings. The number of rotatable bonds is 3. The molecule has 9 heteroatoms. The van der Waals surface area contributed by atoms with Crippen LogP contribution < -0.4 is 0 Å². The Hall–Kier alpha value is -3.38. The highest BCUT2D eigenvalue weighted by Gasteiger charge is 2.26. The summed E-state index contributed by atoms with van der Waals surface area (Å²) in [7, 11) is 1.81. The summed E-state index contributed by atoms with van der Waals surface area (Å²) in [4.78, 5) is 21.3. The van der Waals surface area contributed by atoms with Gasteiger partial charge in [0.25, 0.3) is 5.91 Å². The van der Waals surface area contributed by atoms with Gasteiger partial charge >= 0.3 is 0 Å². The molecular weight excluding hydrogens is 334 g/mol. The van der Waals surface area contributed by atoms with Crippen LogP contribution in [-0.4, -0.2) is 46.8 Å². The zero-order valence-electron chi connectivity index (χ0n) is 14.1. The Balaban J connectivity index is 1.54. The maximum atomic E-state index is 12.6. The Labute approximate surface area is 149 Å². The number of imidazole rings is 1. The number of carbonyl (C=O) groups is 1. The van der Waals surface area contributed by atoms with Gasteiger partial charge in [-0.25, -0.2) is 4.98 Å². The van der Waals surface area contributed by atoms with Crippen LogP contribution in [0.3, 0.4) is 0 Å². The van der Waals surface area contributed by atoms with Gasteiger partial charge < -0.3 is 19.6 Å². The highest BCUT2D eigenvalue weighted by Crippen LogP contribution is 2.23. The predicted octanol–water partition coefficient (Wildman–Crippen LogP) is 0.554. The molecule has 1 aliphatic heterocycles. The molecule has 2 N–H and O–H groups in total. The summed E-state index contributed by atoms with van der Waals surface area (Å²) < 4.78 is 3.55. The SMILES string of the molecule is Cn1ccnc1[C@@H](O)c1cc2n(n1)CCN(C(=O)c1cc(C#N)c[nH]1)C2. The molecular formula is C17H17N7O2. The van der Waals surface area contributed by atoms with Crippen LogP contribution in [0, 0.1) is 11.3 Å². The van der Waals surface area contributed by atoms with E-state index in [1.807, 2.05) is 13.1 Å². The Morgan fingerprint density at radius 2 is 2.27 bits per heavy atom. The maximum absolute atomic E-state index is 12.6. The molecule has 0 radical (unpaired) electrons. The van der Waals surface area contributed by atoms with Crippen molar-refractivity contribution in [1.82, 2.24) is 29.2 Å². The summed E-state index contributed by atoms with van der Waals surface area (Å²) >= 11 is 0. The van der Waals surface area contributed by atoms with Gasteiger partial charge in [-0.05, 0) is 12.1 Å². The molecule has 0 fully saturated rings. The normalized spacial score (nSPS) is 14.7. The number of aromatic nitrogens is 5. The fraction of sp³-hybridized carbons (Fsp3) is 0.294. The first-order valence-corrected chi connectivity index (χ1v) is 8.16. The third kappa shape index (κ3) is 2.66. The van der Waals surface area contributed by atoms with E-state index in [1.165, 1.54) is 6.20 Å². The second-order valence-electron chi connectivity index (χ2n) is 6.22. The third-order valence-electron chi connectivity index (χ3n) is 4.53. The number of amides is 1. The lowest BCUT2D eigenvalue weighted by Gasteiger charge is -2.27. The van der Waals surface area contributed by atoms with E-state index in [9.17, 15) is 9.90 Å². The topological polar surface area (TPSA) is 116 Å². The second kappa shape index (κ2) is 6.16. The fourth-order valence-electron chi connectivity index (χ4n) is 3.12. The number of hydrogen-bond acceptors (Lipinski definition) is 5. The van der Waals surface area contributed by atoms with Crippen LogP contribution in [0.15, 0.2) is 30.7 Å². The van der Waals surface area contributed by atoms with Gasteiger partial charge in [-0.15, -0.1) is 0 Å². The molecule has 0 aliphatic carbocycles. The van der Waals surface area contributed by atoms with Crippen LogP contribution in [0.5, 0.6) is 0 Å². The first kappa shape index (κ1) is 16.1. The molecule has 0 saturated heterocycles. The molecule has 132 valence electrons. The van der Waals surface area contributed by atoms with E-state index in [0.29, 0.717) is 42.4 Å². The number of nitrogens with zero attached hydrogens (tertiary/aromatic N) is 6. The summed E-state index contributed by atoms with van der Waals surface area (Å²) in [6.07, 6.45) is 3.99. The van der Waals surface area contributed by atoms with Crippen LogP contribution in [-0.2, 0) is 20.1 Å². The van der Waals surface area contributed by atoms with Crippen molar-refractivity contribution in [2.45, 2.75) is 19.2 Å². The number of H-pyrrole nitrogens is 1. The minimum atomic E-state index is -0.918. The number of carbonyl (C=O) groups excluding carboxylic acids is 1. The molecule has 1 atom stereocenters. The van der Waals surface area contributed by atoms with E-state index in [-0.39, 0.29) is 5.91 Å². The third-order valence-corrected chi connectivity index (χ3v) is 4.53. The number of aromatic amines is 1. The van der Waals surface area contributed by atoms with E-state index < -0.39 is 6.10 Å². The number of fused-ring (bicyclic) bond motifs is 1. The number of aliphatic hydroxyl groups excluding tert-OH is 1. The molecule has 4 heterocycles. The van der Waals surface area contributed by atoms with Crippen molar-refractivity contribution < 1.29 is 9.90 Å². The molecule has 0 saturated carbocycles. The first-order valence-electron chi connectivity index (χ1n) is 8.16. The molecule has 3 aromatic heterocycles. The second-order valence-corrected chi connectivity index (χ2v) is 6.22. The average molecular weight is 351 g/mol. The maximum Gasteiger partial charge on any atom is 0.270 e. The van der Waals surface area contributed by atoms with Crippen molar-refractivity contribution in [2.75, 3.05) is 6.54 Å². The van der Waals surface area contributed by atoms with E-state index in [4.69, 9.17) is 5.26 Å². The summed E-state index contributed by atoms with van der Waals surface area (Å²) in [5.74, 6) is 0.356. The Kier molecular flexibility index (Phi) is 3.82. The molecule has 9 nitrogen and oxygen atoms in total. The number of hydrogen-bond donors (Lipinski definition) is 2. The standard InChI is InChI=1S/C17H17N7O2/c1-22-3-2-19-16(22)15(25)13-7-12-10-23(4-5-24(12)21-13)17(26)14-6-11(8-18)9-20-14/h2-3,6-7,9,15,20,25H,4-5,10H2,1H3/t15-/m0/s1. The van der Waals surface area contributed by atoms with Crippen molar-refractivity contribution in [3.63, 3.8) is 0 Å². The molecule has 26 heavy (non-hydrogen) atoms. The first-order chi connectivity index (χ1) is 12.6. The van der Waals surface area contributed by atoms with Gasteiger partial charge in [0, 0.05) is 32.2 Å². The van der Waals surface area contributed by atoms with Gasteiger partial charge in [-0.1, -0.05) is 0 Å². The molecule has 0 spiro atoms. The summed E-state index contributed by atoms with van der Waals surface area (Å²) in [5.41, 5.74) is 2.17. The van der Waals surface area contributed by atoms with E-state index in [1.54, 1.807) is 38.7 Å². The summed E-state index contributed by atoms with van der Waals surface area (Å²) in [5, 5.41) is 23.9. The van der Waals surface area contributed by atoms with Crippen molar-refractivity contribution in [3.05, 3.63) is 59.2 Å². The lowest BCUT2D eigenvalue weighted by atomic mass is 10.2. The van der Waals surface area contributed by atoms with E-state index >= 15 is 0 Å². The van der Waals surface area contributed by atoms with Gasteiger partial charge in [-0.3, -0.25) is 9.48 Å². The van der Waals surface area contributed by atoms with Gasteiger partial charge in [0.15, 0.2) is 6.10 Å². The van der Waals surface area contributed by atoms with Gasteiger partial charge in [0.2, 0.25) is 0 Å². The van der Waals surface area contributed by atoms with Crippen molar-refractivity contribution >= 4 is 5.91 Å². The molecule has 1 aliphatic rings. The quantitative estimate of drug-likeness (QED) is 0.715. The van der Waals surface area contributed by atoms with Crippen molar-refractivity contribution in [3.8, 4) is 6.07 Å². The number of nitrogens with one attached hydrogen (secondary N) is 1. The van der Waals surface area contributed by atoms with Gasteiger partial charge in [0.1, 0.15) is 17.6 Å². The highest BCUT2D eigenvalue weighted by atomic mass is 16.3. The molecule has 0 unspecified atom stereocenters. The minimum Gasteiger partial charge on any atom is -0.379 e. The van der Waals surface area contributed by atoms with Gasteiger partial charge in [-0.2, -0.15) is 10.4 Å². The zero-order valence-corrected chi connectivity index (χ0v) is 14.1. The number of aryl methyl sites for hydroxylation is 1. The van der Waals surface area contributed by atoms with Crippen LogP contribution in [0.1, 0.15) is 39.4 Å². The summed E-state index contributed by atoms with van der Waals surface area (Å²) in [6, 6.07) is 5.35. The van der Waals surface area contributed by atoms with E-state index in [0.717, 1.165) is 5.69 Å². The number of aliphatic hydroxyl groups is 1. The largest absolute Gasteiger partial charge is 0.379 e. The lowest BCUT2D eigenvalue weighted by Crippen LogP contribution is -2.38. The minimum absolute atomic E-state index is 0.162. The predicted molar refractivity (Wildman–Crippen MR) is 89.7 cm³/mol. The fourth-order valence-corrected chi connectivity index (χ4v) is 3.12. The van der Waals surface area contributed by atoms with E-state index in [2.05, 4.69) is 15.1 Å². The lowest BCUT2D eigenvalue weighted by molar-refractivity contribution is 0.0700.